The molecule has 0 fully saturated rings. The van der Waals surface area contributed by atoms with Crippen molar-refractivity contribution in [1.82, 2.24) is 14.3 Å². The summed E-state index contributed by atoms with van der Waals surface area (Å²) in [6, 6.07) is 1.74. The molecule has 2 aromatic heterocycles. The highest BCUT2D eigenvalue weighted by Crippen LogP contribution is 2.13. The Balaban J connectivity index is 2.32. The second-order valence-corrected chi connectivity index (χ2v) is 5.41. The Hall–Kier alpha value is -0.880. The van der Waals surface area contributed by atoms with Gasteiger partial charge in [-0.1, -0.05) is 0 Å². The van der Waals surface area contributed by atoms with Crippen LogP contribution in [0.15, 0.2) is 38.4 Å². The van der Waals surface area contributed by atoms with Crippen molar-refractivity contribution in [3.05, 3.63) is 49.5 Å². The summed E-state index contributed by atoms with van der Waals surface area (Å²) in [6.07, 6.45) is 5.50. The van der Waals surface area contributed by atoms with Gasteiger partial charge in [0, 0.05) is 29.0 Å². The molecule has 0 unspecified atom stereocenters. The summed E-state index contributed by atoms with van der Waals surface area (Å²) in [7, 11) is 0. The highest BCUT2D eigenvalue weighted by Gasteiger charge is 2.05. The van der Waals surface area contributed by atoms with Crippen LogP contribution in [0.4, 0.5) is 0 Å². The van der Waals surface area contributed by atoms with Gasteiger partial charge in [0.05, 0.1) is 17.2 Å². The van der Waals surface area contributed by atoms with E-state index in [1.54, 1.807) is 23.0 Å². The van der Waals surface area contributed by atoms with Gasteiger partial charge in [0.15, 0.2) is 0 Å². The summed E-state index contributed by atoms with van der Waals surface area (Å²) in [5.41, 5.74) is 0.969. The summed E-state index contributed by atoms with van der Waals surface area (Å²) in [5, 5.41) is 4.18. The summed E-state index contributed by atoms with van der Waals surface area (Å²) in [4.78, 5) is 11.9. The minimum atomic E-state index is -0.0440. The molecular formula is C11H11Br2N3O. The lowest BCUT2D eigenvalue weighted by atomic mass is 10.3. The van der Waals surface area contributed by atoms with Crippen molar-refractivity contribution < 1.29 is 0 Å². The molecule has 2 heterocycles. The number of aromatic nitrogens is 3. The van der Waals surface area contributed by atoms with Crippen LogP contribution in [0.3, 0.4) is 0 Å². The molecular weight excluding hydrogens is 350 g/mol. The normalized spacial score (nSPS) is 10.8. The predicted octanol–water partition coefficient (Wildman–Crippen LogP) is 2.64. The summed E-state index contributed by atoms with van der Waals surface area (Å²) >= 11 is 6.61. The van der Waals surface area contributed by atoms with Crippen LogP contribution in [-0.4, -0.2) is 14.3 Å². The minimum absolute atomic E-state index is 0.0440. The van der Waals surface area contributed by atoms with Crippen molar-refractivity contribution in [2.24, 2.45) is 0 Å². The van der Waals surface area contributed by atoms with Crippen LogP contribution in [0.5, 0.6) is 0 Å². The third kappa shape index (κ3) is 2.87. The third-order valence-corrected chi connectivity index (χ3v) is 3.37. The van der Waals surface area contributed by atoms with Gasteiger partial charge in [-0.05, 0) is 44.8 Å². The van der Waals surface area contributed by atoms with Gasteiger partial charge in [-0.2, -0.15) is 5.10 Å². The second-order valence-electron chi connectivity index (χ2n) is 3.64. The van der Waals surface area contributed by atoms with Gasteiger partial charge in [-0.25, -0.2) is 0 Å². The lowest BCUT2D eigenvalue weighted by molar-refractivity contribution is 0.658. The molecule has 4 nitrogen and oxygen atoms in total. The zero-order valence-corrected chi connectivity index (χ0v) is 12.4. The first-order chi connectivity index (χ1) is 8.10. The van der Waals surface area contributed by atoms with Crippen molar-refractivity contribution in [3.8, 4) is 0 Å². The molecule has 0 radical (unpaired) electrons. The fourth-order valence-corrected chi connectivity index (χ4v) is 2.80. The Morgan fingerprint density at radius 3 is 2.76 bits per heavy atom. The quantitative estimate of drug-likeness (QED) is 0.844. The molecule has 0 N–H and O–H groups in total. The van der Waals surface area contributed by atoms with Crippen molar-refractivity contribution in [2.75, 3.05) is 0 Å². The molecule has 0 bridgehead atoms. The Kier molecular flexibility index (Phi) is 3.83. The van der Waals surface area contributed by atoms with E-state index in [1.807, 2.05) is 17.8 Å². The van der Waals surface area contributed by atoms with E-state index in [4.69, 9.17) is 0 Å². The topological polar surface area (TPSA) is 39.8 Å². The lowest BCUT2D eigenvalue weighted by Gasteiger charge is -2.05. The summed E-state index contributed by atoms with van der Waals surface area (Å²) in [5.74, 6) is 0. The van der Waals surface area contributed by atoms with E-state index in [0.717, 1.165) is 16.6 Å². The van der Waals surface area contributed by atoms with E-state index >= 15 is 0 Å². The van der Waals surface area contributed by atoms with E-state index in [0.29, 0.717) is 11.0 Å². The molecule has 0 aliphatic rings. The van der Waals surface area contributed by atoms with Gasteiger partial charge in [0.2, 0.25) is 0 Å². The molecule has 17 heavy (non-hydrogen) atoms. The number of rotatable bonds is 3. The molecule has 0 saturated carbocycles. The van der Waals surface area contributed by atoms with Gasteiger partial charge in [-0.3, -0.25) is 9.48 Å². The number of hydrogen-bond acceptors (Lipinski definition) is 2. The fraction of sp³-hybridized carbons (Fsp3) is 0.273. The first-order valence-corrected chi connectivity index (χ1v) is 6.75. The minimum Gasteiger partial charge on any atom is -0.309 e. The van der Waals surface area contributed by atoms with Gasteiger partial charge >= 0.3 is 0 Å². The smallest absolute Gasteiger partial charge is 0.265 e. The van der Waals surface area contributed by atoms with Gasteiger partial charge in [0.1, 0.15) is 0 Å². The maximum atomic E-state index is 11.9. The molecule has 0 saturated heterocycles. The maximum absolute atomic E-state index is 11.9. The van der Waals surface area contributed by atoms with Gasteiger partial charge in [0.25, 0.3) is 5.56 Å². The van der Waals surface area contributed by atoms with Crippen LogP contribution in [0.1, 0.15) is 12.5 Å². The number of aryl methyl sites for hydroxylation is 1. The monoisotopic (exact) mass is 359 g/mol. The SMILES string of the molecule is CCn1cc(Cn2cc(Br)cc(Br)c2=O)cn1. The van der Waals surface area contributed by atoms with Crippen LogP contribution in [0.2, 0.25) is 0 Å². The van der Waals surface area contributed by atoms with Crippen LogP contribution < -0.4 is 5.56 Å². The van der Waals surface area contributed by atoms with E-state index in [1.165, 1.54) is 0 Å². The zero-order valence-electron chi connectivity index (χ0n) is 9.23. The fourth-order valence-electron chi connectivity index (χ4n) is 1.54. The number of pyridine rings is 1. The van der Waals surface area contributed by atoms with E-state index < -0.39 is 0 Å². The van der Waals surface area contributed by atoms with Gasteiger partial charge in [-0.15, -0.1) is 0 Å². The van der Waals surface area contributed by atoms with Crippen LogP contribution in [0.25, 0.3) is 0 Å². The van der Waals surface area contributed by atoms with Crippen molar-refractivity contribution >= 4 is 31.9 Å². The van der Waals surface area contributed by atoms with Crippen molar-refractivity contribution in [3.63, 3.8) is 0 Å². The Bertz CT molecular complexity index is 589. The highest BCUT2D eigenvalue weighted by molar-refractivity contribution is 9.11. The predicted molar refractivity (Wildman–Crippen MR) is 73.1 cm³/mol. The van der Waals surface area contributed by atoms with E-state index in [9.17, 15) is 4.79 Å². The number of nitrogens with zero attached hydrogens (tertiary/aromatic N) is 3. The van der Waals surface area contributed by atoms with E-state index in [-0.39, 0.29) is 5.56 Å². The highest BCUT2D eigenvalue weighted by atomic mass is 79.9. The first-order valence-electron chi connectivity index (χ1n) is 5.17. The van der Waals surface area contributed by atoms with Crippen LogP contribution in [-0.2, 0) is 13.1 Å². The van der Waals surface area contributed by atoms with E-state index in [2.05, 4.69) is 37.0 Å². The van der Waals surface area contributed by atoms with Crippen LogP contribution in [0, 0.1) is 0 Å². The molecule has 6 heteroatoms. The molecule has 0 atom stereocenters. The Morgan fingerprint density at radius 2 is 2.12 bits per heavy atom. The molecule has 0 spiro atoms. The number of halogens is 2. The number of hydrogen-bond donors (Lipinski definition) is 0. The third-order valence-electron chi connectivity index (χ3n) is 2.37. The first kappa shape index (κ1) is 12.6. The zero-order chi connectivity index (χ0) is 12.4. The summed E-state index contributed by atoms with van der Waals surface area (Å²) < 4.78 is 4.90. The molecule has 0 aliphatic heterocycles. The molecule has 90 valence electrons. The largest absolute Gasteiger partial charge is 0.309 e. The molecule has 2 rings (SSSR count). The molecule has 0 amide bonds. The summed E-state index contributed by atoms with van der Waals surface area (Å²) in [6.45, 7) is 3.38. The Labute approximate surface area is 116 Å². The van der Waals surface area contributed by atoms with Crippen LogP contribution >= 0.6 is 31.9 Å². The van der Waals surface area contributed by atoms with Gasteiger partial charge < -0.3 is 4.57 Å². The van der Waals surface area contributed by atoms with Crippen molar-refractivity contribution in [2.45, 2.75) is 20.0 Å². The second kappa shape index (κ2) is 5.18. The van der Waals surface area contributed by atoms with Crippen molar-refractivity contribution in [1.29, 1.82) is 0 Å². The standard InChI is InChI=1S/C11H11Br2N3O/c1-2-16-6-8(4-14-16)5-15-7-9(12)3-10(13)11(15)17/h3-4,6-7H,2,5H2,1H3. The lowest BCUT2D eigenvalue weighted by Crippen LogP contribution is -2.20. The average Bonchev–Trinajstić information content (AvgIpc) is 2.73. The average molecular weight is 361 g/mol. The molecule has 0 aromatic carbocycles. The maximum Gasteiger partial charge on any atom is 0.265 e. The Morgan fingerprint density at radius 1 is 1.35 bits per heavy atom. The molecule has 2 aromatic rings. The molecule has 0 aliphatic carbocycles.